The zero-order valence-electron chi connectivity index (χ0n) is 14.5. The molecule has 1 amide bonds. The molecular formula is C21H20N2O3. The Kier molecular flexibility index (Phi) is 4.09. The summed E-state index contributed by atoms with van der Waals surface area (Å²) in [5.41, 5.74) is 4.14. The number of hydrogen-bond donors (Lipinski definition) is 2. The molecule has 1 atom stereocenters. The third-order valence-electron chi connectivity index (χ3n) is 5.01. The number of ketones is 1. The Hall–Kier alpha value is -2.92. The predicted octanol–water partition coefficient (Wildman–Crippen LogP) is 2.32. The maximum Gasteiger partial charge on any atom is 0.221 e. The Morgan fingerprint density at radius 2 is 1.81 bits per heavy atom. The van der Waals surface area contributed by atoms with E-state index < -0.39 is 6.10 Å². The molecule has 1 aliphatic heterocycles. The fraction of sp³-hybridized carbons (Fsp3) is 0.238. The van der Waals surface area contributed by atoms with Crippen LogP contribution in [0.5, 0.6) is 0 Å². The molecule has 1 heterocycles. The predicted molar refractivity (Wildman–Crippen MR) is 97.1 cm³/mol. The van der Waals surface area contributed by atoms with Gasteiger partial charge in [-0.3, -0.25) is 9.59 Å². The lowest BCUT2D eigenvalue weighted by Gasteiger charge is -2.38. The van der Waals surface area contributed by atoms with Gasteiger partial charge in [0.2, 0.25) is 11.7 Å². The van der Waals surface area contributed by atoms with E-state index in [1.165, 1.54) is 18.1 Å². The topological polar surface area (TPSA) is 69.6 Å². The molecule has 0 unspecified atom stereocenters. The first-order valence-electron chi connectivity index (χ1n) is 8.71. The van der Waals surface area contributed by atoms with Crippen molar-refractivity contribution in [2.24, 2.45) is 0 Å². The highest BCUT2D eigenvalue weighted by molar-refractivity contribution is 6.12. The lowest BCUT2D eigenvalue weighted by molar-refractivity contribution is -0.118. The monoisotopic (exact) mass is 348 g/mol. The van der Waals surface area contributed by atoms with Gasteiger partial charge < -0.3 is 15.3 Å². The van der Waals surface area contributed by atoms with Crippen molar-refractivity contribution in [1.82, 2.24) is 10.2 Å². The second-order valence-electron chi connectivity index (χ2n) is 6.70. The van der Waals surface area contributed by atoms with Crippen LogP contribution in [-0.2, 0) is 17.8 Å². The van der Waals surface area contributed by atoms with Crippen LogP contribution in [0.4, 0.5) is 0 Å². The Morgan fingerprint density at radius 1 is 1.12 bits per heavy atom. The average Bonchev–Trinajstić information content (AvgIpc) is 2.65. The number of allylic oxidation sites excluding steroid dienone is 1. The maximum atomic E-state index is 13.0. The number of amides is 1. The minimum Gasteiger partial charge on any atom is -0.382 e. The van der Waals surface area contributed by atoms with E-state index in [-0.39, 0.29) is 17.4 Å². The van der Waals surface area contributed by atoms with E-state index in [4.69, 9.17) is 0 Å². The van der Waals surface area contributed by atoms with Crippen LogP contribution in [0.2, 0.25) is 0 Å². The van der Waals surface area contributed by atoms with Crippen molar-refractivity contribution in [3.8, 4) is 0 Å². The first kappa shape index (κ1) is 16.5. The first-order valence-corrected chi connectivity index (χ1v) is 8.71. The zero-order valence-corrected chi connectivity index (χ0v) is 14.5. The Bertz CT molecular complexity index is 932. The number of fused-ring (bicyclic) bond motifs is 2. The standard InChI is InChI=1S/C21H20N2O3/c1-13(24)22-18-19(21(26)17-9-5-4-8-16(17)20(18)25)23-11-10-14-6-2-3-7-15(14)12-23/h2-9,21,26H,10-12H2,1H3,(H,22,24)/t21-/m0/s1. The van der Waals surface area contributed by atoms with E-state index in [9.17, 15) is 14.7 Å². The molecule has 5 nitrogen and oxygen atoms in total. The molecule has 0 saturated heterocycles. The number of aliphatic hydroxyl groups excluding tert-OH is 1. The van der Waals surface area contributed by atoms with Crippen LogP contribution < -0.4 is 5.32 Å². The van der Waals surface area contributed by atoms with Crippen LogP contribution in [0, 0.1) is 0 Å². The Labute approximate surface area is 151 Å². The van der Waals surface area contributed by atoms with E-state index >= 15 is 0 Å². The van der Waals surface area contributed by atoms with Gasteiger partial charge >= 0.3 is 0 Å². The summed E-state index contributed by atoms with van der Waals surface area (Å²) in [5.74, 6) is -0.579. The van der Waals surface area contributed by atoms with Gasteiger partial charge in [-0.25, -0.2) is 0 Å². The van der Waals surface area contributed by atoms with Gasteiger partial charge in [0.1, 0.15) is 11.8 Å². The smallest absolute Gasteiger partial charge is 0.221 e. The van der Waals surface area contributed by atoms with Gasteiger partial charge in [0.25, 0.3) is 0 Å². The van der Waals surface area contributed by atoms with Gasteiger partial charge in [0, 0.05) is 25.6 Å². The second kappa shape index (κ2) is 6.42. The summed E-state index contributed by atoms with van der Waals surface area (Å²) in [6, 6.07) is 15.2. The summed E-state index contributed by atoms with van der Waals surface area (Å²) in [6.07, 6.45) is -0.119. The van der Waals surface area contributed by atoms with Crippen molar-refractivity contribution in [2.75, 3.05) is 6.54 Å². The fourth-order valence-corrected chi connectivity index (χ4v) is 3.81. The number of carbonyl (C=O) groups excluding carboxylic acids is 2. The molecule has 2 aromatic carbocycles. The number of aliphatic hydroxyl groups is 1. The highest BCUT2D eigenvalue weighted by Crippen LogP contribution is 2.37. The third kappa shape index (κ3) is 2.70. The van der Waals surface area contributed by atoms with Crippen LogP contribution in [0.25, 0.3) is 0 Å². The molecule has 2 N–H and O–H groups in total. The van der Waals surface area contributed by atoms with Crippen LogP contribution in [-0.4, -0.2) is 28.2 Å². The van der Waals surface area contributed by atoms with E-state index in [0.717, 1.165) is 6.42 Å². The van der Waals surface area contributed by atoms with Crippen LogP contribution >= 0.6 is 0 Å². The van der Waals surface area contributed by atoms with Crippen molar-refractivity contribution in [2.45, 2.75) is 26.0 Å². The molecule has 1 aliphatic carbocycles. The Balaban J connectivity index is 1.80. The molecular weight excluding hydrogens is 328 g/mol. The van der Waals surface area contributed by atoms with E-state index in [2.05, 4.69) is 17.4 Å². The Morgan fingerprint density at radius 3 is 2.58 bits per heavy atom. The summed E-state index contributed by atoms with van der Waals surface area (Å²) in [6.45, 7) is 2.65. The molecule has 0 aromatic heterocycles. The third-order valence-corrected chi connectivity index (χ3v) is 5.01. The van der Waals surface area contributed by atoms with E-state index in [1.807, 2.05) is 23.1 Å². The molecule has 2 aromatic rings. The molecule has 2 aliphatic rings. The summed E-state index contributed by atoms with van der Waals surface area (Å²) in [5, 5.41) is 13.7. The molecule has 26 heavy (non-hydrogen) atoms. The van der Waals surface area contributed by atoms with Crippen LogP contribution in [0.3, 0.4) is 0 Å². The van der Waals surface area contributed by atoms with Gasteiger partial charge in [0.15, 0.2) is 0 Å². The molecule has 4 rings (SSSR count). The molecule has 132 valence electrons. The number of hydrogen-bond acceptors (Lipinski definition) is 4. The van der Waals surface area contributed by atoms with Crippen molar-refractivity contribution in [1.29, 1.82) is 0 Å². The number of nitrogens with one attached hydrogen (secondary N) is 1. The number of benzene rings is 2. The van der Waals surface area contributed by atoms with Crippen molar-refractivity contribution in [3.63, 3.8) is 0 Å². The molecule has 0 fully saturated rings. The minimum absolute atomic E-state index is 0.183. The van der Waals surface area contributed by atoms with Gasteiger partial charge in [-0.1, -0.05) is 48.5 Å². The normalized spacial score (nSPS) is 19.1. The van der Waals surface area contributed by atoms with Crippen molar-refractivity contribution in [3.05, 3.63) is 82.2 Å². The lowest BCUT2D eigenvalue weighted by Crippen LogP contribution is -2.40. The van der Waals surface area contributed by atoms with Crippen LogP contribution in [0.15, 0.2) is 59.9 Å². The maximum absolute atomic E-state index is 13.0. The molecule has 0 saturated carbocycles. The number of Topliss-reactive ketones (excluding diaryl/α,β-unsaturated/α-hetero) is 1. The summed E-state index contributed by atoms with van der Waals surface area (Å²) in [7, 11) is 0. The van der Waals surface area contributed by atoms with E-state index in [0.29, 0.717) is 29.9 Å². The first-order chi connectivity index (χ1) is 12.6. The van der Waals surface area contributed by atoms with E-state index in [1.54, 1.807) is 18.2 Å². The average molecular weight is 348 g/mol. The second-order valence-corrected chi connectivity index (χ2v) is 6.70. The molecule has 5 heteroatoms. The lowest BCUT2D eigenvalue weighted by atomic mass is 9.87. The van der Waals surface area contributed by atoms with Crippen LogP contribution in [0.1, 0.15) is 40.1 Å². The highest BCUT2D eigenvalue weighted by Gasteiger charge is 2.36. The number of rotatable bonds is 2. The highest BCUT2D eigenvalue weighted by atomic mass is 16.3. The minimum atomic E-state index is -0.948. The van der Waals surface area contributed by atoms with Crippen molar-refractivity contribution >= 4 is 11.7 Å². The van der Waals surface area contributed by atoms with Gasteiger partial charge in [-0.2, -0.15) is 0 Å². The zero-order chi connectivity index (χ0) is 18.3. The van der Waals surface area contributed by atoms with Gasteiger partial charge in [-0.15, -0.1) is 0 Å². The summed E-state index contributed by atoms with van der Waals surface area (Å²) >= 11 is 0. The quantitative estimate of drug-likeness (QED) is 0.874. The summed E-state index contributed by atoms with van der Waals surface area (Å²) in [4.78, 5) is 26.7. The number of nitrogens with zero attached hydrogens (tertiary/aromatic N) is 1. The summed E-state index contributed by atoms with van der Waals surface area (Å²) < 4.78 is 0. The molecule has 0 spiro atoms. The fourth-order valence-electron chi connectivity index (χ4n) is 3.81. The largest absolute Gasteiger partial charge is 0.382 e. The molecule has 0 radical (unpaired) electrons. The van der Waals surface area contributed by atoms with Gasteiger partial charge in [-0.05, 0) is 23.1 Å². The molecule has 0 bridgehead atoms. The van der Waals surface area contributed by atoms with Crippen molar-refractivity contribution < 1.29 is 14.7 Å². The number of carbonyl (C=O) groups is 2. The van der Waals surface area contributed by atoms with Gasteiger partial charge in [0.05, 0.1) is 5.70 Å². The SMILES string of the molecule is CC(=O)NC1=C(N2CCc3ccccc3C2)[C@@H](O)c2ccccc2C1=O.